The largest absolute Gasteiger partial charge is 0.341 e. The second-order valence-electron chi connectivity index (χ2n) is 13.4. The van der Waals surface area contributed by atoms with Gasteiger partial charge in [0.2, 0.25) is 11.8 Å². The van der Waals surface area contributed by atoms with Crippen LogP contribution < -0.4 is 5.32 Å². The molecule has 0 unspecified atom stereocenters. The van der Waals surface area contributed by atoms with Crippen molar-refractivity contribution in [3.05, 3.63) is 108 Å². The standard InChI is InChI=1S/C36H37N5O3/c1-35(2)17-30(35)34(44)40-23-36(24-40)22-39(33(43)28-18-37-41(20-28)19-25-9-5-3-6-10-25)21-31(36)32(42)38-29-15-13-27(14-16-29)26-11-7-4-8-12-26/h3-16,18,20,30-31H,17,19,21-24H2,1-2H3,(H,38,42)/t30-,31+/m1/s1. The summed E-state index contributed by atoms with van der Waals surface area (Å²) in [6.07, 6.45) is 4.27. The van der Waals surface area contributed by atoms with Crippen LogP contribution in [-0.2, 0) is 16.1 Å². The fourth-order valence-corrected chi connectivity index (χ4v) is 6.90. The van der Waals surface area contributed by atoms with Gasteiger partial charge < -0.3 is 15.1 Å². The lowest BCUT2D eigenvalue weighted by atomic mass is 9.71. The lowest BCUT2D eigenvalue weighted by Crippen LogP contribution is -2.64. The molecule has 8 nitrogen and oxygen atoms in total. The topological polar surface area (TPSA) is 87.5 Å². The molecule has 44 heavy (non-hydrogen) atoms. The molecule has 1 spiro atoms. The van der Waals surface area contributed by atoms with E-state index < -0.39 is 11.3 Å². The Balaban J connectivity index is 1.07. The van der Waals surface area contributed by atoms with Crippen LogP contribution in [0.5, 0.6) is 0 Å². The van der Waals surface area contributed by atoms with Gasteiger partial charge in [-0.2, -0.15) is 5.10 Å². The third kappa shape index (κ3) is 5.29. The number of rotatable bonds is 7. The van der Waals surface area contributed by atoms with Crippen molar-refractivity contribution in [1.82, 2.24) is 19.6 Å². The second-order valence-corrected chi connectivity index (χ2v) is 13.4. The molecule has 1 saturated carbocycles. The van der Waals surface area contributed by atoms with Crippen LogP contribution in [-0.4, -0.2) is 63.5 Å². The minimum Gasteiger partial charge on any atom is -0.341 e. The molecule has 224 valence electrons. The Morgan fingerprint density at radius 1 is 0.818 bits per heavy atom. The molecule has 1 aliphatic carbocycles. The van der Waals surface area contributed by atoms with E-state index in [1.165, 1.54) is 0 Å². The van der Waals surface area contributed by atoms with Crippen LogP contribution in [0, 0.1) is 22.7 Å². The summed E-state index contributed by atoms with van der Waals surface area (Å²) in [5.74, 6) is -0.477. The molecule has 2 saturated heterocycles. The van der Waals surface area contributed by atoms with Gasteiger partial charge in [-0.25, -0.2) is 0 Å². The van der Waals surface area contributed by atoms with Gasteiger partial charge >= 0.3 is 0 Å². The van der Waals surface area contributed by atoms with Crippen molar-refractivity contribution in [1.29, 1.82) is 0 Å². The maximum atomic E-state index is 13.8. The lowest BCUT2D eigenvalue weighted by molar-refractivity contribution is -0.150. The van der Waals surface area contributed by atoms with E-state index in [0.29, 0.717) is 44.0 Å². The molecule has 7 rings (SSSR count). The third-order valence-electron chi connectivity index (χ3n) is 9.71. The monoisotopic (exact) mass is 587 g/mol. The minimum atomic E-state index is -0.474. The van der Waals surface area contributed by atoms with Crippen molar-refractivity contribution in [3.8, 4) is 11.1 Å². The van der Waals surface area contributed by atoms with Crippen LogP contribution in [0.2, 0.25) is 0 Å². The number of likely N-dealkylation sites (tertiary alicyclic amines) is 2. The smallest absolute Gasteiger partial charge is 0.257 e. The van der Waals surface area contributed by atoms with Crippen LogP contribution in [0.4, 0.5) is 5.69 Å². The summed E-state index contributed by atoms with van der Waals surface area (Å²) in [5.41, 5.74) is 4.06. The molecule has 2 atom stereocenters. The van der Waals surface area contributed by atoms with Gasteiger partial charge in [0.1, 0.15) is 0 Å². The Bertz CT molecular complexity index is 1690. The molecule has 3 heterocycles. The SMILES string of the molecule is CC1(C)C[C@@H]1C(=O)N1CC2(CN(C(=O)c3cnn(Cc4ccccc4)c3)C[C@H]2C(=O)Nc2ccc(-c3ccccc3)cc2)C1. The van der Waals surface area contributed by atoms with Crippen LogP contribution >= 0.6 is 0 Å². The van der Waals surface area contributed by atoms with E-state index in [4.69, 9.17) is 0 Å². The van der Waals surface area contributed by atoms with Gasteiger partial charge in [-0.05, 0) is 40.7 Å². The minimum absolute atomic E-state index is 0.0418. The molecule has 3 amide bonds. The van der Waals surface area contributed by atoms with Crippen molar-refractivity contribution in [3.63, 3.8) is 0 Å². The van der Waals surface area contributed by atoms with Gasteiger partial charge in [-0.1, -0.05) is 86.6 Å². The number of carbonyl (C=O) groups excluding carboxylic acids is 3. The Kier molecular flexibility index (Phi) is 6.87. The Labute approximate surface area is 257 Å². The summed E-state index contributed by atoms with van der Waals surface area (Å²) in [6.45, 7) is 6.52. The zero-order valence-corrected chi connectivity index (χ0v) is 25.1. The number of benzene rings is 3. The molecule has 0 radical (unpaired) electrons. The van der Waals surface area contributed by atoms with Crippen LogP contribution in [0.3, 0.4) is 0 Å². The summed E-state index contributed by atoms with van der Waals surface area (Å²) in [6, 6.07) is 27.9. The summed E-state index contributed by atoms with van der Waals surface area (Å²) < 4.78 is 1.76. The van der Waals surface area contributed by atoms with Crippen molar-refractivity contribution >= 4 is 23.4 Å². The maximum Gasteiger partial charge on any atom is 0.257 e. The number of nitrogens with zero attached hydrogens (tertiary/aromatic N) is 4. The fourth-order valence-electron chi connectivity index (χ4n) is 6.90. The maximum absolute atomic E-state index is 13.8. The molecule has 8 heteroatoms. The Morgan fingerprint density at radius 3 is 2.09 bits per heavy atom. The van der Waals surface area contributed by atoms with Crippen molar-refractivity contribution in [2.24, 2.45) is 22.7 Å². The molecule has 1 N–H and O–H groups in total. The van der Waals surface area contributed by atoms with E-state index in [1.807, 2.05) is 77.7 Å². The molecular weight excluding hydrogens is 550 g/mol. The molecule has 0 bridgehead atoms. The predicted molar refractivity (Wildman–Crippen MR) is 169 cm³/mol. The van der Waals surface area contributed by atoms with E-state index in [9.17, 15) is 14.4 Å². The molecule has 3 fully saturated rings. The number of aromatic nitrogens is 2. The number of amides is 3. The molecule has 3 aromatic carbocycles. The van der Waals surface area contributed by atoms with Crippen LogP contribution in [0.1, 0.15) is 36.2 Å². The van der Waals surface area contributed by atoms with Gasteiger partial charge in [0.25, 0.3) is 5.91 Å². The average molecular weight is 588 g/mol. The van der Waals surface area contributed by atoms with Crippen LogP contribution in [0.15, 0.2) is 97.3 Å². The first-order valence-corrected chi connectivity index (χ1v) is 15.3. The average Bonchev–Trinajstić information content (AvgIpc) is 3.33. The quantitative estimate of drug-likeness (QED) is 0.323. The van der Waals surface area contributed by atoms with Gasteiger partial charge in [0, 0.05) is 49.4 Å². The summed E-state index contributed by atoms with van der Waals surface area (Å²) in [5, 5.41) is 7.54. The molecular formula is C36H37N5O3. The molecule has 1 aromatic heterocycles. The third-order valence-corrected chi connectivity index (χ3v) is 9.71. The lowest BCUT2D eigenvalue weighted by Gasteiger charge is -2.50. The molecule has 4 aromatic rings. The predicted octanol–water partition coefficient (Wildman–Crippen LogP) is 5.18. The van der Waals surface area contributed by atoms with Crippen molar-refractivity contribution < 1.29 is 14.4 Å². The van der Waals surface area contributed by atoms with E-state index >= 15 is 0 Å². The summed E-state index contributed by atoms with van der Waals surface area (Å²) >= 11 is 0. The van der Waals surface area contributed by atoms with Crippen molar-refractivity contribution in [2.75, 3.05) is 31.5 Å². The van der Waals surface area contributed by atoms with E-state index in [0.717, 1.165) is 23.1 Å². The first-order chi connectivity index (χ1) is 21.2. The highest BCUT2D eigenvalue weighted by Gasteiger charge is 2.61. The highest BCUT2D eigenvalue weighted by atomic mass is 16.2. The summed E-state index contributed by atoms with van der Waals surface area (Å²) in [4.78, 5) is 44.4. The zero-order valence-electron chi connectivity index (χ0n) is 25.1. The molecule has 3 aliphatic rings. The first-order valence-electron chi connectivity index (χ1n) is 15.3. The fraction of sp³-hybridized carbons (Fsp3) is 0.333. The number of hydrogen-bond donors (Lipinski definition) is 1. The Hall–Kier alpha value is -4.72. The van der Waals surface area contributed by atoms with E-state index in [2.05, 4.69) is 36.4 Å². The number of hydrogen-bond acceptors (Lipinski definition) is 4. The van der Waals surface area contributed by atoms with Gasteiger partial charge in [-0.15, -0.1) is 0 Å². The van der Waals surface area contributed by atoms with Gasteiger partial charge in [-0.3, -0.25) is 19.1 Å². The molecule has 2 aliphatic heterocycles. The highest BCUT2D eigenvalue weighted by Crippen LogP contribution is 2.54. The normalized spacial score (nSPS) is 21.1. The number of carbonyl (C=O) groups is 3. The summed E-state index contributed by atoms with van der Waals surface area (Å²) in [7, 11) is 0. The highest BCUT2D eigenvalue weighted by molar-refractivity contribution is 5.97. The van der Waals surface area contributed by atoms with E-state index in [-0.39, 0.29) is 29.1 Å². The van der Waals surface area contributed by atoms with Crippen molar-refractivity contribution in [2.45, 2.75) is 26.8 Å². The number of anilines is 1. The first kappa shape index (κ1) is 28.1. The Morgan fingerprint density at radius 2 is 1.43 bits per heavy atom. The van der Waals surface area contributed by atoms with E-state index in [1.54, 1.807) is 22.0 Å². The van der Waals surface area contributed by atoms with Gasteiger partial charge in [0.15, 0.2) is 0 Å². The zero-order chi connectivity index (χ0) is 30.5. The second kappa shape index (κ2) is 10.8. The van der Waals surface area contributed by atoms with Crippen LogP contribution in [0.25, 0.3) is 11.1 Å². The number of nitrogens with one attached hydrogen (secondary N) is 1. The van der Waals surface area contributed by atoms with Gasteiger partial charge in [0.05, 0.1) is 24.2 Å².